The molecule has 0 saturated heterocycles. The summed E-state index contributed by atoms with van der Waals surface area (Å²) in [6.45, 7) is 5.48. The predicted octanol–water partition coefficient (Wildman–Crippen LogP) is 2.26. The van der Waals surface area contributed by atoms with Gasteiger partial charge in [0, 0.05) is 12.5 Å². The first-order valence-electron chi connectivity index (χ1n) is 6.46. The van der Waals surface area contributed by atoms with Crippen molar-refractivity contribution >= 4 is 6.09 Å². The highest BCUT2D eigenvalue weighted by Crippen LogP contribution is 2.35. The molecular formula is C15H20NO3. The molecule has 1 aliphatic carbocycles. The molecule has 2 N–H and O–H groups in total. The summed E-state index contributed by atoms with van der Waals surface area (Å²) in [6.07, 6.45) is 0.273. The van der Waals surface area contributed by atoms with E-state index in [4.69, 9.17) is 4.74 Å². The van der Waals surface area contributed by atoms with Crippen molar-refractivity contribution in [1.29, 1.82) is 0 Å². The second kappa shape index (κ2) is 5.21. The average Bonchev–Trinajstić information content (AvgIpc) is 2.65. The van der Waals surface area contributed by atoms with E-state index < -0.39 is 11.7 Å². The number of alkyl carbamates (subject to hydrolysis) is 1. The molecule has 0 fully saturated rings. The molecule has 1 atom stereocenters. The van der Waals surface area contributed by atoms with Crippen LogP contribution in [-0.2, 0) is 11.2 Å². The number of nitrogens with one attached hydrogen (secondary N) is 1. The number of aliphatic hydroxyl groups is 1. The molecule has 0 spiro atoms. The van der Waals surface area contributed by atoms with E-state index in [1.54, 1.807) is 0 Å². The van der Waals surface area contributed by atoms with Gasteiger partial charge < -0.3 is 15.2 Å². The van der Waals surface area contributed by atoms with Crippen molar-refractivity contribution in [2.24, 2.45) is 5.92 Å². The molecule has 0 aromatic heterocycles. The summed E-state index contributed by atoms with van der Waals surface area (Å²) in [7, 11) is 0. The summed E-state index contributed by atoms with van der Waals surface area (Å²) in [6, 6.07) is 8.62. The smallest absolute Gasteiger partial charge is 0.408 e. The van der Waals surface area contributed by atoms with Gasteiger partial charge in [-0.3, -0.25) is 0 Å². The van der Waals surface area contributed by atoms with Crippen molar-refractivity contribution in [2.45, 2.75) is 32.8 Å². The van der Waals surface area contributed by atoms with Crippen LogP contribution < -0.4 is 5.32 Å². The lowest BCUT2D eigenvalue weighted by atomic mass is 10.0. The van der Waals surface area contributed by atoms with Crippen LogP contribution in [0.15, 0.2) is 24.3 Å². The molecule has 1 aromatic rings. The second-order valence-electron chi connectivity index (χ2n) is 5.78. The Hall–Kier alpha value is -1.55. The Morgan fingerprint density at radius 3 is 2.74 bits per heavy atom. The van der Waals surface area contributed by atoms with E-state index >= 15 is 0 Å². The maximum absolute atomic E-state index is 11.9. The molecule has 0 bridgehead atoms. The fraction of sp³-hybridized carbons (Fsp3) is 0.467. The minimum atomic E-state index is -0.530. The predicted molar refractivity (Wildman–Crippen MR) is 72.4 cm³/mol. The van der Waals surface area contributed by atoms with E-state index in [1.807, 2.05) is 45.0 Å². The Balaban J connectivity index is 2.12. The van der Waals surface area contributed by atoms with E-state index in [9.17, 15) is 9.90 Å². The van der Waals surface area contributed by atoms with Crippen molar-refractivity contribution < 1.29 is 14.6 Å². The van der Waals surface area contributed by atoms with Gasteiger partial charge >= 0.3 is 6.09 Å². The topological polar surface area (TPSA) is 58.6 Å². The summed E-state index contributed by atoms with van der Waals surface area (Å²) >= 11 is 0. The largest absolute Gasteiger partial charge is 0.444 e. The standard InChI is InChI=1S/C15H20NO3/c1-15(2,3)19-14(18)16-13-11(9-17)8-10-6-4-5-7-12(10)13/h4-7,11,17H,8-9H2,1-3H3,(H,16,18)/t11-/m1/s1. The van der Waals surface area contributed by atoms with Gasteiger partial charge in [-0.1, -0.05) is 24.3 Å². The van der Waals surface area contributed by atoms with E-state index in [2.05, 4.69) is 5.32 Å². The fourth-order valence-electron chi connectivity index (χ4n) is 2.29. The SMILES string of the molecule is CC(C)(C)OC(=O)N[C]1c2ccccc2C[C@@H]1CO. The molecule has 0 aliphatic heterocycles. The van der Waals surface area contributed by atoms with Gasteiger partial charge in [0.1, 0.15) is 11.6 Å². The van der Waals surface area contributed by atoms with Crippen molar-refractivity contribution in [3.8, 4) is 0 Å². The highest BCUT2D eigenvalue weighted by Gasteiger charge is 2.34. The third kappa shape index (κ3) is 3.26. The zero-order chi connectivity index (χ0) is 14.0. The number of aliphatic hydroxyl groups excluding tert-OH is 1. The average molecular weight is 262 g/mol. The molecule has 1 amide bonds. The van der Waals surface area contributed by atoms with Crippen LogP contribution in [0.4, 0.5) is 4.79 Å². The first-order chi connectivity index (χ1) is 8.90. The third-order valence-corrected chi connectivity index (χ3v) is 3.04. The lowest BCUT2D eigenvalue weighted by molar-refractivity contribution is 0.0524. The number of carbonyl (C=O) groups is 1. The van der Waals surface area contributed by atoms with E-state index in [0.29, 0.717) is 0 Å². The first-order valence-corrected chi connectivity index (χ1v) is 6.46. The summed E-state index contributed by atoms with van der Waals surface area (Å²) in [4.78, 5) is 11.9. The molecule has 0 saturated carbocycles. The van der Waals surface area contributed by atoms with Gasteiger partial charge in [-0.15, -0.1) is 0 Å². The Morgan fingerprint density at radius 2 is 2.11 bits per heavy atom. The molecule has 1 aromatic carbocycles. The van der Waals surface area contributed by atoms with Crippen molar-refractivity contribution in [1.82, 2.24) is 5.32 Å². The van der Waals surface area contributed by atoms with E-state index in [0.717, 1.165) is 23.6 Å². The molecule has 2 rings (SSSR count). The summed E-state index contributed by atoms with van der Waals surface area (Å²) in [5.41, 5.74) is 1.61. The van der Waals surface area contributed by atoms with Gasteiger partial charge in [-0.05, 0) is 38.3 Å². The Bertz CT molecular complexity index is 465. The zero-order valence-corrected chi connectivity index (χ0v) is 11.6. The van der Waals surface area contributed by atoms with E-state index in [-0.39, 0.29) is 12.5 Å². The molecule has 0 heterocycles. The van der Waals surface area contributed by atoms with Gasteiger partial charge in [0.05, 0.1) is 0 Å². The maximum Gasteiger partial charge on any atom is 0.408 e. The normalized spacial score (nSPS) is 19.1. The van der Waals surface area contributed by atoms with Gasteiger partial charge in [-0.25, -0.2) is 4.79 Å². The quantitative estimate of drug-likeness (QED) is 0.859. The van der Waals surface area contributed by atoms with Crippen LogP contribution in [0.3, 0.4) is 0 Å². The molecular weight excluding hydrogens is 242 g/mol. The second-order valence-corrected chi connectivity index (χ2v) is 5.78. The van der Waals surface area contributed by atoms with Gasteiger partial charge in [0.15, 0.2) is 0 Å². The lowest BCUT2D eigenvalue weighted by Crippen LogP contribution is -2.37. The summed E-state index contributed by atoms with van der Waals surface area (Å²) in [5.74, 6) is -0.0649. The Morgan fingerprint density at radius 1 is 1.42 bits per heavy atom. The number of amides is 1. The molecule has 4 heteroatoms. The minimum absolute atomic E-state index is 0.0137. The van der Waals surface area contributed by atoms with E-state index in [1.165, 1.54) is 0 Å². The maximum atomic E-state index is 11.9. The van der Waals surface area contributed by atoms with Crippen LogP contribution in [0.25, 0.3) is 0 Å². The Labute approximate surface area is 113 Å². The number of hydrogen-bond acceptors (Lipinski definition) is 3. The van der Waals surface area contributed by atoms with Crippen LogP contribution in [0.1, 0.15) is 31.9 Å². The first kappa shape index (κ1) is 13.9. The van der Waals surface area contributed by atoms with Gasteiger partial charge in [0.25, 0.3) is 0 Å². The highest BCUT2D eigenvalue weighted by molar-refractivity contribution is 5.71. The number of ether oxygens (including phenoxy) is 1. The number of hydrogen-bond donors (Lipinski definition) is 2. The number of rotatable bonds is 2. The third-order valence-electron chi connectivity index (χ3n) is 3.04. The number of carbonyl (C=O) groups excluding carboxylic acids is 1. The van der Waals surface area contributed by atoms with Gasteiger partial charge in [0.2, 0.25) is 0 Å². The Kier molecular flexibility index (Phi) is 3.80. The van der Waals surface area contributed by atoms with Crippen molar-refractivity contribution in [3.63, 3.8) is 0 Å². The number of benzene rings is 1. The molecule has 0 unspecified atom stereocenters. The molecule has 19 heavy (non-hydrogen) atoms. The summed E-state index contributed by atoms with van der Waals surface area (Å²) in [5, 5.41) is 12.2. The monoisotopic (exact) mass is 262 g/mol. The van der Waals surface area contributed by atoms with Crippen LogP contribution in [0, 0.1) is 12.0 Å². The highest BCUT2D eigenvalue weighted by atomic mass is 16.6. The molecule has 1 aliphatic rings. The van der Waals surface area contributed by atoms with Crippen LogP contribution in [-0.4, -0.2) is 23.4 Å². The van der Waals surface area contributed by atoms with Crippen molar-refractivity contribution in [2.75, 3.05) is 6.61 Å². The van der Waals surface area contributed by atoms with Crippen molar-refractivity contribution in [3.05, 3.63) is 41.4 Å². The molecule has 103 valence electrons. The molecule has 1 radical (unpaired) electrons. The fourth-order valence-corrected chi connectivity index (χ4v) is 2.29. The van der Waals surface area contributed by atoms with Crippen LogP contribution >= 0.6 is 0 Å². The molecule has 4 nitrogen and oxygen atoms in total. The summed E-state index contributed by atoms with van der Waals surface area (Å²) < 4.78 is 5.25. The van der Waals surface area contributed by atoms with Crippen LogP contribution in [0.5, 0.6) is 0 Å². The number of fused-ring (bicyclic) bond motifs is 1. The minimum Gasteiger partial charge on any atom is -0.444 e. The van der Waals surface area contributed by atoms with Crippen LogP contribution in [0.2, 0.25) is 0 Å². The zero-order valence-electron chi connectivity index (χ0n) is 11.6. The lowest BCUT2D eigenvalue weighted by Gasteiger charge is -2.23. The van der Waals surface area contributed by atoms with Gasteiger partial charge in [-0.2, -0.15) is 0 Å².